The molecule has 0 spiro atoms. The molecule has 5 nitrogen and oxygen atoms in total. The highest BCUT2D eigenvalue weighted by atomic mass is 16.1. The average Bonchev–Trinajstić information content (AvgIpc) is 3.02. The number of hydrogen-bond acceptors (Lipinski definition) is 3. The van der Waals surface area contributed by atoms with Crippen LogP contribution in [0, 0.1) is 0 Å². The normalized spacial score (nSPS) is 11.4. The molecule has 2 aromatic rings. The first kappa shape index (κ1) is 16.2. The molecule has 0 fully saturated rings. The van der Waals surface area contributed by atoms with Gasteiger partial charge in [-0.25, -0.2) is 4.68 Å². The molecule has 0 saturated carbocycles. The van der Waals surface area contributed by atoms with Crippen molar-refractivity contribution in [3.63, 3.8) is 0 Å². The van der Waals surface area contributed by atoms with Gasteiger partial charge in [0.1, 0.15) is 0 Å². The first-order valence-corrected chi connectivity index (χ1v) is 7.72. The predicted molar refractivity (Wildman–Crippen MR) is 87.8 cm³/mol. The van der Waals surface area contributed by atoms with Crippen molar-refractivity contribution in [2.24, 2.45) is 5.73 Å². The minimum absolute atomic E-state index is 0.0123. The van der Waals surface area contributed by atoms with E-state index in [1.807, 2.05) is 50.4 Å². The van der Waals surface area contributed by atoms with Crippen molar-refractivity contribution in [1.82, 2.24) is 15.1 Å². The van der Waals surface area contributed by atoms with Gasteiger partial charge in [0.05, 0.1) is 23.8 Å². The summed E-state index contributed by atoms with van der Waals surface area (Å²) < 4.78 is 1.78. The number of benzene rings is 1. The molecule has 0 aliphatic heterocycles. The van der Waals surface area contributed by atoms with E-state index in [4.69, 9.17) is 5.73 Å². The lowest BCUT2D eigenvalue weighted by Crippen LogP contribution is -2.53. The second kappa shape index (κ2) is 7.22. The van der Waals surface area contributed by atoms with Crippen molar-refractivity contribution >= 4 is 5.91 Å². The Morgan fingerprint density at radius 3 is 2.55 bits per heavy atom. The number of para-hydroxylation sites is 1. The van der Waals surface area contributed by atoms with Gasteiger partial charge < -0.3 is 11.1 Å². The molecule has 0 aliphatic carbocycles. The van der Waals surface area contributed by atoms with Crippen LogP contribution in [0.4, 0.5) is 0 Å². The number of nitrogens with zero attached hydrogens (tertiary/aromatic N) is 2. The predicted octanol–water partition coefficient (Wildman–Crippen LogP) is 2.05. The summed E-state index contributed by atoms with van der Waals surface area (Å²) in [7, 11) is 0. The van der Waals surface area contributed by atoms with Crippen LogP contribution >= 0.6 is 0 Å². The standard InChI is InChI=1S/C17H24N4O/c1-3-17(4-2,13-18)20-16(22)10-14-11-19-21(12-14)15-8-6-5-7-9-15/h5-9,11-12H,3-4,10,13,18H2,1-2H3,(H,20,22). The molecule has 0 aliphatic rings. The number of nitrogens with two attached hydrogens (primary N) is 1. The number of nitrogens with one attached hydrogen (secondary N) is 1. The van der Waals surface area contributed by atoms with Crippen LogP contribution in [0.15, 0.2) is 42.7 Å². The number of rotatable bonds is 7. The van der Waals surface area contributed by atoms with Gasteiger partial charge in [-0.15, -0.1) is 0 Å². The number of amides is 1. The highest BCUT2D eigenvalue weighted by Crippen LogP contribution is 2.14. The molecule has 0 bridgehead atoms. The maximum atomic E-state index is 12.2. The number of aromatic nitrogens is 2. The maximum Gasteiger partial charge on any atom is 0.225 e. The maximum absolute atomic E-state index is 12.2. The van der Waals surface area contributed by atoms with Gasteiger partial charge in [0.25, 0.3) is 0 Å². The highest BCUT2D eigenvalue weighted by molar-refractivity contribution is 5.79. The fraction of sp³-hybridized carbons (Fsp3) is 0.412. The van der Waals surface area contributed by atoms with E-state index in [0.29, 0.717) is 13.0 Å². The molecule has 5 heteroatoms. The zero-order valence-corrected chi connectivity index (χ0v) is 13.2. The number of carbonyl (C=O) groups excluding carboxylic acids is 1. The van der Waals surface area contributed by atoms with Gasteiger partial charge in [-0.2, -0.15) is 5.10 Å². The summed E-state index contributed by atoms with van der Waals surface area (Å²) in [5, 5.41) is 7.38. The largest absolute Gasteiger partial charge is 0.349 e. The summed E-state index contributed by atoms with van der Waals surface area (Å²) in [6.07, 6.45) is 5.59. The molecule has 0 saturated heterocycles. The third kappa shape index (κ3) is 3.74. The molecule has 2 rings (SSSR count). The van der Waals surface area contributed by atoms with Crippen LogP contribution in [-0.4, -0.2) is 27.8 Å². The summed E-state index contributed by atoms with van der Waals surface area (Å²) in [5.74, 6) is -0.0123. The average molecular weight is 300 g/mol. The Labute approximate surface area is 131 Å². The van der Waals surface area contributed by atoms with Gasteiger partial charge >= 0.3 is 0 Å². The molecule has 0 radical (unpaired) electrons. The van der Waals surface area contributed by atoms with Crippen molar-refractivity contribution in [2.45, 2.75) is 38.6 Å². The monoisotopic (exact) mass is 300 g/mol. The van der Waals surface area contributed by atoms with Crippen LogP contribution in [0.3, 0.4) is 0 Å². The fourth-order valence-corrected chi connectivity index (χ4v) is 2.47. The Bertz CT molecular complexity index is 594. The van der Waals surface area contributed by atoms with Crippen molar-refractivity contribution < 1.29 is 4.79 Å². The van der Waals surface area contributed by atoms with Crippen LogP contribution in [0.5, 0.6) is 0 Å². The second-order valence-electron chi connectivity index (χ2n) is 5.55. The zero-order chi connectivity index (χ0) is 16.0. The lowest BCUT2D eigenvalue weighted by Gasteiger charge is -2.31. The number of hydrogen-bond donors (Lipinski definition) is 2. The Morgan fingerprint density at radius 2 is 1.95 bits per heavy atom. The van der Waals surface area contributed by atoms with Crippen LogP contribution in [-0.2, 0) is 11.2 Å². The Balaban J connectivity index is 2.02. The van der Waals surface area contributed by atoms with Gasteiger partial charge in [-0.05, 0) is 30.5 Å². The Kier molecular flexibility index (Phi) is 5.33. The highest BCUT2D eigenvalue weighted by Gasteiger charge is 2.26. The summed E-state index contributed by atoms with van der Waals surface area (Å²) in [6.45, 7) is 4.54. The van der Waals surface area contributed by atoms with E-state index in [-0.39, 0.29) is 11.4 Å². The molecule has 118 valence electrons. The van der Waals surface area contributed by atoms with Gasteiger partial charge in [-0.3, -0.25) is 4.79 Å². The Hall–Kier alpha value is -2.14. The quantitative estimate of drug-likeness (QED) is 0.822. The van der Waals surface area contributed by atoms with Crippen LogP contribution in [0.25, 0.3) is 5.69 Å². The van der Waals surface area contributed by atoms with Gasteiger partial charge in [0.15, 0.2) is 0 Å². The molecule has 1 aromatic heterocycles. The molecular weight excluding hydrogens is 276 g/mol. The molecule has 1 heterocycles. The van der Waals surface area contributed by atoms with Gasteiger partial charge in [0.2, 0.25) is 5.91 Å². The van der Waals surface area contributed by atoms with Crippen molar-refractivity contribution in [3.8, 4) is 5.69 Å². The number of carbonyl (C=O) groups is 1. The van der Waals surface area contributed by atoms with E-state index in [9.17, 15) is 4.79 Å². The summed E-state index contributed by atoms with van der Waals surface area (Å²) in [5.41, 5.74) is 7.39. The van der Waals surface area contributed by atoms with Crippen molar-refractivity contribution in [2.75, 3.05) is 6.54 Å². The zero-order valence-electron chi connectivity index (χ0n) is 13.2. The van der Waals surface area contributed by atoms with Crippen LogP contribution in [0.2, 0.25) is 0 Å². The van der Waals surface area contributed by atoms with Crippen LogP contribution < -0.4 is 11.1 Å². The lowest BCUT2D eigenvalue weighted by atomic mass is 9.92. The molecular formula is C17H24N4O. The third-order valence-electron chi connectivity index (χ3n) is 4.17. The second-order valence-corrected chi connectivity index (χ2v) is 5.55. The summed E-state index contributed by atoms with van der Waals surface area (Å²) >= 11 is 0. The van der Waals surface area contributed by atoms with E-state index < -0.39 is 0 Å². The van der Waals surface area contributed by atoms with E-state index in [0.717, 1.165) is 24.1 Å². The van der Waals surface area contributed by atoms with Crippen LogP contribution in [0.1, 0.15) is 32.3 Å². The smallest absolute Gasteiger partial charge is 0.225 e. The molecule has 0 atom stereocenters. The van der Waals surface area contributed by atoms with E-state index in [1.54, 1.807) is 10.9 Å². The topological polar surface area (TPSA) is 72.9 Å². The van der Waals surface area contributed by atoms with E-state index in [1.165, 1.54) is 0 Å². The molecule has 3 N–H and O–H groups in total. The summed E-state index contributed by atoms with van der Waals surface area (Å²) in [4.78, 5) is 12.2. The van der Waals surface area contributed by atoms with Crippen molar-refractivity contribution in [1.29, 1.82) is 0 Å². The van der Waals surface area contributed by atoms with E-state index in [2.05, 4.69) is 10.4 Å². The summed E-state index contributed by atoms with van der Waals surface area (Å²) in [6, 6.07) is 9.83. The van der Waals surface area contributed by atoms with Crippen molar-refractivity contribution in [3.05, 3.63) is 48.3 Å². The van der Waals surface area contributed by atoms with Gasteiger partial charge in [0, 0.05) is 12.7 Å². The first-order chi connectivity index (χ1) is 10.6. The molecule has 22 heavy (non-hydrogen) atoms. The SMILES string of the molecule is CCC(CC)(CN)NC(=O)Cc1cnn(-c2ccccc2)c1. The Morgan fingerprint density at radius 1 is 1.27 bits per heavy atom. The molecule has 0 unspecified atom stereocenters. The molecule has 1 aromatic carbocycles. The molecule has 1 amide bonds. The third-order valence-corrected chi connectivity index (χ3v) is 4.17. The minimum Gasteiger partial charge on any atom is -0.349 e. The van der Waals surface area contributed by atoms with Gasteiger partial charge in [-0.1, -0.05) is 32.0 Å². The first-order valence-electron chi connectivity index (χ1n) is 7.72. The lowest BCUT2D eigenvalue weighted by molar-refractivity contribution is -0.122. The fourth-order valence-electron chi connectivity index (χ4n) is 2.47. The van der Waals surface area contributed by atoms with E-state index >= 15 is 0 Å². The minimum atomic E-state index is -0.299.